The van der Waals surface area contributed by atoms with E-state index in [0.29, 0.717) is 5.70 Å². The van der Waals surface area contributed by atoms with E-state index in [1.54, 1.807) is 0 Å². The molecule has 3 heteroatoms. The quantitative estimate of drug-likeness (QED) is 0.400. The van der Waals surface area contributed by atoms with E-state index in [0.717, 1.165) is 5.57 Å². The number of rotatable bonds is 3. The summed E-state index contributed by atoms with van der Waals surface area (Å²) in [7, 11) is 0. The zero-order valence-electron chi connectivity index (χ0n) is 8.12. The normalized spacial score (nSPS) is 13.4. The topological polar surface area (TPSA) is 50.7 Å². The first-order chi connectivity index (χ1) is 6.11. The first-order valence-electron chi connectivity index (χ1n) is 3.91. The van der Waals surface area contributed by atoms with Crippen molar-refractivity contribution in [3.05, 3.63) is 36.1 Å². The molecule has 0 aromatic heterocycles. The van der Waals surface area contributed by atoms with Gasteiger partial charge in [0.05, 0.1) is 5.70 Å². The lowest BCUT2D eigenvalue weighted by molar-refractivity contribution is 1.27. The maximum absolute atomic E-state index is 5.40. The summed E-state index contributed by atoms with van der Waals surface area (Å²) < 4.78 is 0. The monoisotopic (exact) mass is 177 g/mol. The molecule has 0 aliphatic heterocycles. The van der Waals surface area contributed by atoms with Gasteiger partial charge < -0.3 is 5.73 Å². The summed E-state index contributed by atoms with van der Waals surface area (Å²) in [6.07, 6.45) is 5.58. The average molecular weight is 177 g/mol. The van der Waals surface area contributed by atoms with Gasteiger partial charge in [0.25, 0.3) is 0 Å². The number of allylic oxidation sites excluding steroid dienone is 4. The number of aliphatic imine (C=N–C) groups is 2. The van der Waals surface area contributed by atoms with Gasteiger partial charge in [0, 0.05) is 0 Å². The minimum atomic E-state index is 0.152. The molecular formula is C10H15N3. The minimum absolute atomic E-state index is 0.152. The first kappa shape index (κ1) is 11.4. The van der Waals surface area contributed by atoms with Gasteiger partial charge in [0.1, 0.15) is 0 Å². The number of hydrogen-bond acceptors (Lipinski definition) is 1. The van der Waals surface area contributed by atoms with E-state index in [1.165, 1.54) is 0 Å². The summed E-state index contributed by atoms with van der Waals surface area (Å²) in [6, 6.07) is 0. The van der Waals surface area contributed by atoms with Crippen molar-refractivity contribution in [1.82, 2.24) is 0 Å². The third-order valence-electron chi connectivity index (χ3n) is 1.28. The van der Waals surface area contributed by atoms with Crippen LogP contribution in [0.2, 0.25) is 0 Å². The van der Waals surface area contributed by atoms with Crippen LogP contribution in [0.1, 0.15) is 13.8 Å². The van der Waals surface area contributed by atoms with Gasteiger partial charge >= 0.3 is 0 Å². The molecule has 0 spiro atoms. The molecule has 0 heterocycles. The molecule has 2 N–H and O–H groups in total. The molecule has 0 atom stereocenters. The lowest BCUT2D eigenvalue weighted by Crippen LogP contribution is -2.07. The van der Waals surface area contributed by atoms with E-state index < -0.39 is 0 Å². The Morgan fingerprint density at radius 1 is 1.46 bits per heavy atom. The molecule has 0 bridgehead atoms. The molecule has 0 saturated carbocycles. The van der Waals surface area contributed by atoms with Gasteiger partial charge in [-0.3, -0.25) is 0 Å². The molecule has 0 unspecified atom stereocenters. The van der Waals surface area contributed by atoms with E-state index in [2.05, 4.69) is 23.3 Å². The Morgan fingerprint density at radius 2 is 2.08 bits per heavy atom. The number of hydrogen-bond donors (Lipinski definition) is 1. The molecule has 0 aromatic carbocycles. The molecule has 13 heavy (non-hydrogen) atoms. The molecule has 0 fully saturated rings. The van der Waals surface area contributed by atoms with Crippen molar-refractivity contribution in [2.45, 2.75) is 13.8 Å². The van der Waals surface area contributed by atoms with Gasteiger partial charge in [-0.2, -0.15) is 0 Å². The second kappa shape index (κ2) is 5.94. The highest BCUT2D eigenvalue weighted by molar-refractivity contribution is 5.83. The molecule has 0 aliphatic carbocycles. The summed E-state index contributed by atoms with van der Waals surface area (Å²) >= 11 is 0. The Morgan fingerprint density at radius 3 is 2.46 bits per heavy atom. The van der Waals surface area contributed by atoms with E-state index in [-0.39, 0.29) is 5.96 Å². The fourth-order valence-corrected chi connectivity index (χ4v) is 0.621. The molecule has 70 valence electrons. The Kier molecular flexibility index (Phi) is 5.19. The van der Waals surface area contributed by atoms with Gasteiger partial charge in [-0.25, -0.2) is 9.98 Å². The molecule has 0 saturated heterocycles. The zero-order chi connectivity index (χ0) is 10.3. The van der Waals surface area contributed by atoms with Crippen LogP contribution in [-0.4, -0.2) is 12.7 Å². The number of nitrogens with two attached hydrogens (primary N) is 1. The Balaban J connectivity index is 4.83. The van der Waals surface area contributed by atoms with Crippen LogP contribution in [0.4, 0.5) is 0 Å². The van der Waals surface area contributed by atoms with Gasteiger partial charge in [0.2, 0.25) is 5.96 Å². The van der Waals surface area contributed by atoms with Crippen molar-refractivity contribution in [3.8, 4) is 0 Å². The predicted octanol–water partition coefficient (Wildman–Crippen LogP) is 2.04. The third-order valence-corrected chi connectivity index (χ3v) is 1.28. The van der Waals surface area contributed by atoms with Gasteiger partial charge in [-0.1, -0.05) is 18.7 Å². The van der Waals surface area contributed by atoms with E-state index in [4.69, 9.17) is 5.73 Å². The Bertz CT molecular complexity index is 283. The second-order valence-electron chi connectivity index (χ2n) is 2.49. The zero-order valence-corrected chi connectivity index (χ0v) is 8.12. The molecule has 0 radical (unpaired) electrons. The molecule has 0 aromatic rings. The van der Waals surface area contributed by atoms with Crippen LogP contribution in [0.5, 0.6) is 0 Å². The summed E-state index contributed by atoms with van der Waals surface area (Å²) in [5.41, 5.74) is 6.95. The van der Waals surface area contributed by atoms with Crippen molar-refractivity contribution in [1.29, 1.82) is 0 Å². The van der Waals surface area contributed by atoms with Crippen molar-refractivity contribution >= 4 is 12.7 Å². The van der Waals surface area contributed by atoms with Crippen LogP contribution in [-0.2, 0) is 0 Å². The SMILES string of the molecule is C=NC(N)=N/C(=C/C=C\C)C(=C)C. The van der Waals surface area contributed by atoms with E-state index in [1.807, 2.05) is 32.1 Å². The predicted molar refractivity (Wildman–Crippen MR) is 58.9 cm³/mol. The highest BCUT2D eigenvalue weighted by Gasteiger charge is 1.94. The molecule has 0 aliphatic rings. The largest absolute Gasteiger partial charge is 0.368 e. The molecule has 3 nitrogen and oxygen atoms in total. The third kappa shape index (κ3) is 4.74. The van der Waals surface area contributed by atoms with Crippen LogP contribution < -0.4 is 5.73 Å². The summed E-state index contributed by atoms with van der Waals surface area (Å²) in [5.74, 6) is 0.152. The van der Waals surface area contributed by atoms with Crippen molar-refractivity contribution in [2.24, 2.45) is 15.7 Å². The fraction of sp³-hybridized carbons (Fsp3) is 0.200. The fourth-order valence-electron chi connectivity index (χ4n) is 0.621. The minimum Gasteiger partial charge on any atom is -0.368 e. The van der Waals surface area contributed by atoms with Crippen molar-refractivity contribution in [2.75, 3.05) is 0 Å². The Labute approximate surface area is 79.1 Å². The molecular weight excluding hydrogens is 162 g/mol. The lowest BCUT2D eigenvalue weighted by atomic mass is 10.2. The highest BCUT2D eigenvalue weighted by atomic mass is 15.0. The summed E-state index contributed by atoms with van der Waals surface area (Å²) in [6.45, 7) is 10.8. The van der Waals surface area contributed by atoms with Crippen LogP contribution in [0.3, 0.4) is 0 Å². The van der Waals surface area contributed by atoms with E-state index >= 15 is 0 Å². The second-order valence-corrected chi connectivity index (χ2v) is 2.49. The standard InChI is InChI=1S/C10H15N3/c1-5-6-7-9(8(2)3)13-10(11)12-4/h5-7H,2,4H2,1,3H3,(H2,11,13)/b6-5-,9-7+. The summed E-state index contributed by atoms with van der Waals surface area (Å²) in [4.78, 5) is 7.50. The van der Waals surface area contributed by atoms with Crippen LogP contribution in [0.25, 0.3) is 0 Å². The lowest BCUT2D eigenvalue weighted by Gasteiger charge is -1.98. The molecule has 0 rings (SSSR count). The maximum atomic E-state index is 5.40. The van der Waals surface area contributed by atoms with Gasteiger partial charge in [-0.15, -0.1) is 0 Å². The molecule has 0 amide bonds. The van der Waals surface area contributed by atoms with Crippen LogP contribution >= 0.6 is 0 Å². The van der Waals surface area contributed by atoms with Crippen LogP contribution in [0, 0.1) is 0 Å². The first-order valence-corrected chi connectivity index (χ1v) is 3.91. The average Bonchev–Trinajstić information content (AvgIpc) is 2.11. The van der Waals surface area contributed by atoms with Crippen molar-refractivity contribution < 1.29 is 0 Å². The maximum Gasteiger partial charge on any atom is 0.219 e. The van der Waals surface area contributed by atoms with Crippen LogP contribution in [0.15, 0.2) is 46.1 Å². The summed E-state index contributed by atoms with van der Waals surface area (Å²) in [5, 5.41) is 0. The number of nitrogens with zero attached hydrogens (tertiary/aromatic N) is 2. The van der Waals surface area contributed by atoms with Gasteiger partial charge in [-0.05, 0) is 32.2 Å². The van der Waals surface area contributed by atoms with Crippen molar-refractivity contribution in [3.63, 3.8) is 0 Å². The number of guanidine groups is 1. The van der Waals surface area contributed by atoms with E-state index in [9.17, 15) is 0 Å². The van der Waals surface area contributed by atoms with Gasteiger partial charge in [0.15, 0.2) is 0 Å². The highest BCUT2D eigenvalue weighted by Crippen LogP contribution is 2.08. The smallest absolute Gasteiger partial charge is 0.219 e. The Hall–Kier alpha value is -1.64.